The van der Waals surface area contributed by atoms with Crippen LogP contribution in [-0.4, -0.2) is 47.4 Å². The number of rotatable bonds is 8. The predicted octanol–water partition coefficient (Wildman–Crippen LogP) is 5.47. The van der Waals surface area contributed by atoms with Crippen LogP contribution >= 0.6 is 11.3 Å². The fraction of sp³-hybridized carbons (Fsp3) is 0.333. The zero-order valence-corrected chi connectivity index (χ0v) is 20.6. The maximum atomic E-state index is 13.6. The number of halogens is 2. The van der Waals surface area contributed by atoms with Crippen LogP contribution < -0.4 is 4.74 Å². The smallest absolute Gasteiger partial charge is 0.254 e. The average Bonchev–Trinajstić information content (AvgIpc) is 3.35. The van der Waals surface area contributed by atoms with Crippen molar-refractivity contribution in [3.8, 4) is 5.75 Å². The highest BCUT2D eigenvalue weighted by Gasteiger charge is 2.34. The molecule has 184 valence electrons. The number of carbonyl (C=O) groups excluding carboxylic acids is 2. The van der Waals surface area contributed by atoms with Gasteiger partial charge in [-0.3, -0.25) is 9.59 Å². The molecule has 0 bridgehead atoms. The van der Waals surface area contributed by atoms with E-state index in [9.17, 15) is 18.4 Å². The Morgan fingerprint density at radius 3 is 2.40 bits per heavy atom. The first-order valence-electron chi connectivity index (χ1n) is 11.7. The molecule has 0 spiro atoms. The molecule has 4 rings (SSSR count). The van der Waals surface area contributed by atoms with Gasteiger partial charge in [-0.25, -0.2) is 8.78 Å². The van der Waals surface area contributed by atoms with E-state index in [0.717, 1.165) is 12.0 Å². The fourth-order valence-corrected chi connectivity index (χ4v) is 5.15. The number of thiophene rings is 1. The second-order valence-electron chi connectivity index (χ2n) is 8.61. The summed E-state index contributed by atoms with van der Waals surface area (Å²) in [7, 11) is 0. The summed E-state index contributed by atoms with van der Waals surface area (Å²) in [5, 5.41) is 2.01. The number of hydrogen-bond donors (Lipinski definition) is 0. The van der Waals surface area contributed by atoms with Gasteiger partial charge in [-0.05, 0) is 85.3 Å². The van der Waals surface area contributed by atoms with Gasteiger partial charge in [-0.1, -0.05) is 6.92 Å². The van der Waals surface area contributed by atoms with Crippen LogP contribution in [0.3, 0.4) is 0 Å². The van der Waals surface area contributed by atoms with Crippen molar-refractivity contribution in [3.63, 3.8) is 0 Å². The summed E-state index contributed by atoms with van der Waals surface area (Å²) in [5.41, 5.74) is 1.38. The van der Waals surface area contributed by atoms with Crippen molar-refractivity contribution in [2.75, 3.05) is 19.7 Å². The Morgan fingerprint density at radius 1 is 1.09 bits per heavy atom. The molecular formula is C27H28F2N2O3S. The molecule has 1 aromatic heterocycles. The first-order chi connectivity index (χ1) is 16.9. The Balaban J connectivity index is 1.54. The van der Waals surface area contributed by atoms with Gasteiger partial charge in [0.15, 0.2) is 0 Å². The van der Waals surface area contributed by atoms with Gasteiger partial charge in [-0.2, -0.15) is 0 Å². The zero-order valence-electron chi connectivity index (χ0n) is 19.7. The highest BCUT2D eigenvalue weighted by Crippen LogP contribution is 2.34. The number of ether oxygens (including phenoxy) is 1. The molecule has 0 N–H and O–H groups in total. The van der Waals surface area contributed by atoms with Crippen molar-refractivity contribution in [3.05, 3.63) is 87.6 Å². The molecule has 0 fully saturated rings. The maximum Gasteiger partial charge on any atom is 0.254 e. The van der Waals surface area contributed by atoms with Gasteiger partial charge in [0.2, 0.25) is 5.91 Å². The molecule has 0 radical (unpaired) electrons. The summed E-state index contributed by atoms with van der Waals surface area (Å²) in [6.07, 6.45) is 1.41. The van der Waals surface area contributed by atoms with Gasteiger partial charge in [0.1, 0.15) is 30.5 Å². The number of fused-ring (bicyclic) bond motifs is 1. The summed E-state index contributed by atoms with van der Waals surface area (Å²) in [6.45, 7) is 4.51. The monoisotopic (exact) mass is 498 g/mol. The quantitative estimate of drug-likeness (QED) is 0.414. The van der Waals surface area contributed by atoms with Gasteiger partial charge >= 0.3 is 0 Å². The van der Waals surface area contributed by atoms with Gasteiger partial charge in [-0.15, -0.1) is 11.3 Å². The number of nitrogens with zero attached hydrogens (tertiary/aromatic N) is 2. The van der Waals surface area contributed by atoms with E-state index in [2.05, 4.69) is 0 Å². The molecule has 35 heavy (non-hydrogen) atoms. The second kappa shape index (κ2) is 11.0. The van der Waals surface area contributed by atoms with Crippen molar-refractivity contribution in [2.45, 2.75) is 38.8 Å². The van der Waals surface area contributed by atoms with E-state index in [0.29, 0.717) is 24.3 Å². The molecule has 5 nitrogen and oxygen atoms in total. The lowest BCUT2D eigenvalue weighted by Gasteiger charge is -2.38. The number of hydrogen-bond acceptors (Lipinski definition) is 4. The molecule has 2 unspecified atom stereocenters. The van der Waals surface area contributed by atoms with Crippen LogP contribution in [0.5, 0.6) is 5.75 Å². The molecule has 0 saturated heterocycles. The van der Waals surface area contributed by atoms with E-state index in [1.165, 1.54) is 41.3 Å². The van der Waals surface area contributed by atoms with Crippen LogP contribution in [0.1, 0.15) is 47.1 Å². The van der Waals surface area contributed by atoms with E-state index in [1.807, 2.05) is 25.3 Å². The molecule has 0 saturated carbocycles. The Morgan fingerprint density at radius 2 is 1.74 bits per heavy atom. The number of carbonyl (C=O) groups is 2. The van der Waals surface area contributed by atoms with Crippen molar-refractivity contribution in [2.24, 2.45) is 0 Å². The second-order valence-corrected chi connectivity index (χ2v) is 9.61. The first kappa shape index (κ1) is 24.9. The van der Waals surface area contributed by atoms with Crippen LogP contribution in [-0.2, 0) is 11.2 Å². The molecule has 1 aliphatic heterocycles. The molecule has 8 heteroatoms. The number of benzene rings is 2. The van der Waals surface area contributed by atoms with E-state index in [-0.39, 0.29) is 42.9 Å². The minimum atomic E-state index is -0.420. The largest absolute Gasteiger partial charge is 0.491 e. The van der Waals surface area contributed by atoms with Crippen molar-refractivity contribution >= 4 is 23.2 Å². The SMILES string of the molecule is CCC(C)N(CC(=O)N1CCc2sccc2C1COc1ccc(F)cc1)C(=O)c1ccc(F)cc1. The Labute approximate surface area is 207 Å². The molecule has 2 heterocycles. The van der Waals surface area contributed by atoms with Crippen LogP contribution in [0.2, 0.25) is 0 Å². The minimum absolute atomic E-state index is 0.0856. The van der Waals surface area contributed by atoms with Crippen LogP contribution in [0.15, 0.2) is 60.0 Å². The Hall–Kier alpha value is -3.26. The highest BCUT2D eigenvalue weighted by molar-refractivity contribution is 7.10. The summed E-state index contributed by atoms with van der Waals surface area (Å²) in [4.78, 5) is 31.4. The van der Waals surface area contributed by atoms with Crippen LogP contribution in [0.4, 0.5) is 8.78 Å². The van der Waals surface area contributed by atoms with Gasteiger partial charge in [0.25, 0.3) is 5.91 Å². The molecule has 0 aliphatic carbocycles. The molecule has 2 amide bonds. The minimum Gasteiger partial charge on any atom is -0.491 e. The molecular weight excluding hydrogens is 470 g/mol. The summed E-state index contributed by atoms with van der Waals surface area (Å²) in [5.74, 6) is -0.723. The third-order valence-corrected chi connectivity index (χ3v) is 7.41. The van der Waals surface area contributed by atoms with Crippen molar-refractivity contribution in [1.82, 2.24) is 9.80 Å². The van der Waals surface area contributed by atoms with Gasteiger partial charge in [0, 0.05) is 23.0 Å². The summed E-state index contributed by atoms with van der Waals surface area (Å²) < 4.78 is 32.6. The predicted molar refractivity (Wildman–Crippen MR) is 132 cm³/mol. The first-order valence-corrected chi connectivity index (χ1v) is 12.6. The molecule has 1 aliphatic rings. The Bertz CT molecular complexity index is 1160. The van der Waals surface area contributed by atoms with Crippen LogP contribution in [0, 0.1) is 11.6 Å². The zero-order chi connectivity index (χ0) is 24.9. The number of amides is 2. The highest BCUT2D eigenvalue weighted by atomic mass is 32.1. The van der Waals surface area contributed by atoms with E-state index in [4.69, 9.17) is 4.74 Å². The summed E-state index contributed by atoms with van der Waals surface area (Å²) >= 11 is 1.65. The third kappa shape index (κ3) is 5.70. The summed E-state index contributed by atoms with van der Waals surface area (Å²) in [6, 6.07) is 12.7. The standard InChI is InChI=1S/C27H28F2N2O3S/c1-3-18(2)31(27(33)19-4-6-20(28)7-5-19)16-26(32)30-14-12-25-23(13-15-35-25)24(30)17-34-22-10-8-21(29)9-11-22/h4-11,13,15,18,24H,3,12,14,16-17H2,1-2H3. The normalized spacial score (nSPS) is 15.9. The lowest BCUT2D eigenvalue weighted by molar-refractivity contribution is -0.136. The molecule has 3 aromatic rings. The van der Waals surface area contributed by atoms with E-state index in [1.54, 1.807) is 33.3 Å². The molecule has 2 aromatic carbocycles. The Kier molecular flexibility index (Phi) is 7.80. The maximum absolute atomic E-state index is 13.6. The van der Waals surface area contributed by atoms with Crippen LogP contribution in [0.25, 0.3) is 0 Å². The van der Waals surface area contributed by atoms with Gasteiger partial charge < -0.3 is 14.5 Å². The van der Waals surface area contributed by atoms with Crippen molar-refractivity contribution in [1.29, 1.82) is 0 Å². The lowest BCUT2D eigenvalue weighted by Crippen LogP contribution is -2.49. The topological polar surface area (TPSA) is 49.9 Å². The lowest BCUT2D eigenvalue weighted by atomic mass is 10.00. The van der Waals surface area contributed by atoms with Gasteiger partial charge in [0.05, 0.1) is 6.04 Å². The fourth-order valence-electron chi connectivity index (χ4n) is 4.22. The van der Waals surface area contributed by atoms with E-state index >= 15 is 0 Å². The third-order valence-electron chi connectivity index (χ3n) is 6.42. The van der Waals surface area contributed by atoms with E-state index < -0.39 is 5.82 Å². The average molecular weight is 499 g/mol. The molecule has 2 atom stereocenters. The van der Waals surface area contributed by atoms with Crippen molar-refractivity contribution < 1.29 is 23.1 Å².